The van der Waals surface area contributed by atoms with E-state index in [9.17, 15) is 34.8 Å². The maximum Gasteiger partial charge on any atom is 0.191 e. The van der Waals surface area contributed by atoms with Gasteiger partial charge in [-0.15, -0.1) is 0 Å². The second-order valence-electron chi connectivity index (χ2n) is 3.74. The van der Waals surface area contributed by atoms with Gasteiger partial charge in [0.05, 0.1) is 14.4 Å². The molecule has 0 saturated carbocycles. The Hall–Kier alpha value is -0.130. The van der Waals surface area contributed by atoms with Gasteiger partial charge in [0, 0.05) is 0 Å². The first-order chi connectivity index (χ1) is 8.17. The zero-order valence-electron chi connectivity index (χ0n) is 8.90. The molecule has 1 saturated heterocycles. The second-order valence-corrected chi connectivity index (χ2v) is 4.85. The largest absolute Gasteiger partial charge is 0.790 e. The topological polar surface area (TPSA) is 183 Å². The fraction of sp³-hybridized carbons (Fsp3) is 1.00. The van der Waals surface area contributed by atoms with Crippen LogP contribution in [-0.4, -0.2) is 68.9 Å². The molecule has 1 aliphatic rings. The molecule has 1 aliphatic heterocycles. The smallest absolute Gasteiger partial charge is 0.191 e. The summed E-state index contributed by atoms with van der Waals surface area (Å²) in [7, 11) is -5.50. The molecule has 0 aliphatic carbocycles. The van der Waals surface area contributed by atoms with Gasteiger partial charge in [-0.25, -0.2) is 0 Å². The zero-order valence-corrected chi connectivity index (χ0v) is 9.79. The fourth-order valence-electron chi connectivity index (χ4n) is 1.51. The molecule has 1 heterocycles. The molecular weight excluding hydrogens is 275 g/mol. The quantitative estimate of drug-likeness (QED) is 0.314. The van der Waals surface area contributed by atoms with Crippen molar-refractivity contribution >= 4 is 7.82 Å². The van der Waals surface area contributed by atoms with E-state index in [1.54, 1.807) is 0 Å². The molecule has 0 spiro atoms. The van der Waals surface area contributed by atoms with Crippen LogP contribution in [0.1, 0.15) is 0 Å². The fourth-order valence-corrected chi connectivity index (χ4v) is 1.94. The first-order valence-corrected chi connectivity index (χ1v) is 6.32. The summed E-state index contributed by atoms with van der Waals surface area (Å²) in [5, 5.41) is 46.1. The van der Waals surface area contributed by atoms with E-state index in [2.05, 4.69) is 9.26 Å². The predicted octanol–water partition coefficient (Wildman–Crippen LogP) is -5.01. The minimum absolute atomic E-state index is 0.857. The van der Waals surface area contributed by atoms with Crippen LogP contribution in [0.5, 0.6) is 0 Å². The van der Waals surface area contributed by atoms with E-state index >= 15 is 0 Å². The Kier molecular flexibility index (Phi) is 5.21. The summed E-state index contributed by atoms with van der Waals surface area (Å²) in [6.45, 7) is -0.857. The first-order valence-electron chi connectivity index (χ1n) is 4.86. The van der Waals surface area contributed by atoms with E-state index in [1.165, 1.54) is 0 Å². The zero-order chi connectivity index (χ0) is 14.1. The van der Waals surface area contributed by atoms with Crippen molar-refractivity contribution in [1.29, 1.82) is 0 Å². The highest BCUT2D eigenvalue weighted by atomic mass is 31.2. The van der Waals surface area contributed by atoms with E-state index in [1.807, 2.05) is 0 Å². The third kappa shape index (κ3) is 3.68. The Morgan fingerprint density at radius 1 is 1.22 bits per heavy atom. The number of hydrogen-bond acceptors (Lipinski definition) is 10. The molecule has 1 rings (SSSR count). The van der Waals surface area contributed by atoms with E-state index in [-0.39, 0.29) is 0 Å². The average molecular weight is 288 g/mol. The second kappa shape index (κ2) is 5.88. The number of phosphoric acid groups is 1. The molecule has 108 valence electrons. The van der Waals surface area contributed by atoms with Crippen LogP contribution in [0.4, 0.5) is 0 Å². The molecule has 0 unspecified atom stereocenters. The highest BCUT2D eigenvalue weighted by Gasteiger charge is 2.47. The van der Waals surface area contributed by atoms with Gasteiger partial charge in [0.25, 0.3) is 0 Å². The van der Waals surface area contributed by atoms with Gasteiger partial charge in [0.2, 0.25) is 0 Å². The van der Waals surface area contributed by atoms with Crippen molar-refractivity contribution in [1.82, 2.24) is 0 Å². The van der Waals surface area contributed by atoms with Crippen molar-refractivity contribution in [3.8, 4) is 0 Å². The van der Waals surface area contributed by atoms with Crippen LogP contribution >= 0.6 is 7.82 Å². The molecule has 10 nitrogen and oxygen atoms in total. The summed E-state index contributed by atoms with van der Waals surface area (Å²) in [5.74, 6) is 0. The minimum atomic E-state index is -5.50. The molecule has 0 amide bonds. The van der Waals surface area contributed by atoms with Crippen molar-refractivity contribution in [2.24, 2.45) is 0 Å². The third-order valence-corrected chi connectivity index (χ3v) is 2.87. The lowest BCUT2D eigenvalue weighted by Crippen LogP contribution is -2.61. The highest BCUT2D eigenvalue weighted by molar-refractivity contribution is 7.43. The minimum Gasteiger partial charge on any atom is -0.790 e. The van der Waals surface area contributed by atoms with Crippen LogP contribution in [0.25, 0.3) is 0 Å². The molecule has 0 radical (unpaired) electrons. The van der Waals surface area contributed by atoms with Gasteiger partial charge in [-0.1, -0.05) is 0 Å². The van der Waals surface area contributed by atoms with Crippen molar-refractivity contribution in [2.45, 2.75) is 36.8 Å². The number of hydrogen-bond donors (Lipinski definition) is 5. The van der Waals surface area contributed by atoms with Gasteiger partial charge >= 0.3 is 0 Å². The van der Waals surface area contributed by atoms with Crippen molar-refractivity contribution in [2.75, 3.05) is 6.61 Å². The molecule has 18 heavy (non-hydrogen) atoms. The summed E-state index contributed by atoms with van der Waals surface area (Å²) in [5.41, 5.74) is 0. The van der Waals surface area contributed by atoms with Crippen LogP contribution in [0.3, 0.4) is 0 Å². The first kappa shape index (κ1) is 15.9. The highest BCUT2D eigenvalue weighted by Crippen LogP contribution is 2.33. The molecule has 5 N–H and O–H groups in total. The Morgan fingerprint density at radius 3 is 2.22 bits per heavy atom. The van der Waals surface area contributed by atoms with Gasteiger partial charge in [-0.05, 0) is 0 Å². The summed E-state index contributed by atoms with van der Waals surface area (Å²) in [6.07, 6.45) is -11.1. The molecule has 6 atom stereocenters. The SMILES string of the molecule is O=P([O-])([O-])O[C@@H]1O[C@H]([C@H](O)CO)[C@@H](O)[C@H](O)[C@@H]1O. The lowest BCUT2D eigenvalue weighted by atomic mass is 9.96. The number of aliphatic hydroxyl groups excluding tert-OH is 5. The van der Waals surface area contributed by atoms with Gasteiger partial charge in [-0.3, -0.25) is 0 Å². The molecule has 1 fully saturated rings. The van der Waals surface area contributed by atoms with Crippen LogP contribution in [0.15, 0.2) is 0 Å². The van der Waals surface area contributed by atoms with Crippen LogP contribution in [0.2, 0.25) is 0 Å². The third-order valence-electron chi connectivity index (χ3n) is 2.41. The monoisotopic (exact) mass is 288 g/mol. The normalized spacial score (nSPS) is 39.6. The van der Waals surface area contributed by atoms with Crippen LogP contribution < -0.4 is 9.79 Å². The molecule has 0 aromatic heterocycles. The average Bonchev–Trinajstić information content (AvgIpc) is 2.27. The van der Waals surface area contributed by atoms with Crippen LogP contribution in [-0.2, 0) is 13.8 Å². The molecule has 11 heteroatoms. The molecule has 0 aromatic carbocycles. The van der Waals surface area contributed by atoms with Crippen molar-refractivity contribution in [3.63, 3.8) is 0 Å². The lowest BCUT2D eigenvalue weighted by Gasteiger charge is -2.44. The van der Waals surface area contributed by atoms with Gasteiger partial charge in [0.15, 0.2) is 6.29 Å². The van der Waals surface area contributed by atoms with Crippen LogP contribution in [0, 0.1) is 0 Å². The Labute approximate surface area is 101 Å². The van der Waals surface area contributed by atoms with Gasteiger partial charge in [0.1, 0.15) is 30.5 Å². The Balaban J connectivity index is 2.84. The summed E-state index contributed by atoms with van der Waals surface area (Å²) in [6, 6.07) is 0. The maximum atomic E-state index is 10.4. The standard InChI is InChI=1S/C7H15O10P/c8-1-2(9)6-4(11)3(10)5(12)7(16-6)17-18(13,14)15/h2-12H,1H2,(H2,13,14,15)/p-2/t2-,3+,4+,5+,6-,7+/m1/s1. The Bertz CT molecular complexity index is 317. The van der Waals surface area contributed by atoms with E-state index in [0.29, 0.717) is 0 Å². The lowest BCUT2D eigenvalue weighted by molar-refractivity contribution is -0.370. The maximum absolute atomic E-state index is 10.4. The van der Waals surface area contributed by atoms with Gasteiger partial charge < -0.3 is 49.1 Å². The molecule has 0 aromatic rings. The van der Waals surface area contributed by atoms with Crippen molar-refractivity contribution < 1.29 is 49.1 Å². The number of ether oxygens (including phenoxy) is 1. The number of rotatable bonds is 4. The number of phosphoric ester groups is 1. The summed E-state index contributed by atoms with van der Waals surface area (Å²) >= 11 is 0. The van der Waals surface area contributed by atoms with Gasteiger partial charge in [-0.2, -0.15) is 0 Å². The van der Waals surface area contributed by atoms with E-state index in [4.69, 9.17) is 5.11 Å². The Morgan fingerprint density at radius 2 is 1.78 bits per heavy atom. The van der Waals surface area contributed by atoms with Crippen molar-refractivity contribution in [3.05, 3.63) is 0 Å². The molecule has 0 bridgehead atoms. The van der Waals surface area contributed by atoms with E-state index in [0.717, 1.165) is 0 Å². The van der Waals surface area contributed by atoms with E-state index < -0.39 is 51.2 Å². The predicted molar refractivity (Wildman–Crippen MR) is 48.5 cm³/mol. The summed E-state index contributed by atoms with van der Waals surface area (Å²) < 4.78 is 18.9. The summed E-state index contributed by atoms with van der Waals surface area (Å²) in [4.78, 5) is 20.8. The number of aliphatic hydroxyl groups is 5. The molecular formula is C7H13O10P-2.